The van der Waals surface area contributed by atoms with Crippen molar-refractivity contribution in [3.8, 4) is 11.5 Å². The van der Waals surface area contributed by atoms with Crippen molar-refractivity contribution in [1.82, 2.24) is 5.43 Å². The van der Waals surface area contributed by atoms with Crippen molar-refractivity contribution in [2.75, 3.05) is 7.11 Å². The number of nitrogens with zero attached hydrogens (tertiary/aromatic N) is 1. The number of hydrogen-bond donors (Lipinski definition) is 1. The number of hydrazone groups is 1. The Bertz CT molecular complexity index is 1380. The molecule has 34 heavy (non-hydrogen) atoms. The Morgan fingerprint density at radius 3 is 2.53 bits per heavy atom. The molecule has 0 atom stereocenters. The topological polar surface area (TPSA) is 77.0 Å². The van der Waals surface area contributed by atoms with Gasteiger partial charge in [0.15, 0.2) is 11.5 Å². The third-order valence-electron chi connectivity index (χ3n) is 5.12. The van der Waals surface area contributed by atoms with E-state index >= 15 is 0 Å². The largest absolute Gasteiger partial charge is 0.493 e. The molecule has 0 saturated carbocycles. The van der Waals surface area contributed by atoms with Crippen LogP contribution >= 0.6 is 11.6 Å². The predicted octanol–water partition coefficient (Wildman–Crippen LogP) is 5.41. The number of hydrogen-bond acceptors (Lipinski definition) is 5. The van der Waals surface area contributed by atoms with E-state index in [1.807, 2.05) is 42.5 Å². The second kappa shape index (κ2) is 10.6. The lowest BCUT2D eigenvalue weighted by Crippen LogP contribution is -2.19. The van der Waals surface area contributed by atoms with Crippen molar-refractivity contribution in [3.05, 3.63) is 107 Å². The maximum absolute atomic E-state index is 12.4. The van der Waals surface area contributed by atoms with Gasteiger partial charge in [0.1, 0.15) is 0 Å². The van der Waals surface area contributed by atoms with Crippen LogP contribution in [-0.2, 0) is 11.2 Å². The number of fused-ring (bicyclic) bond motifs is 1. The molecule has 0 unspecified atom stereocenters. The van der Waals surface area contributed by atoms with Crippen LogP contribution in [0.2, 0.25) is 5.02 Å². The van der Waals surface area contributed by atoms with Gasteiger partial charge in [-0.25, -0.2) is 10.2 Å². The van der Waals surface area contributed by atoms with Crippen LogP contribution in [0.1, 0.15) is 21.5 Å². The fourth-order valence-electron chi connectivity index (χ4n) is 3.47. The van der Waals surface area contributed by atoms with Crippen LogP contribution in [0, 0.1) is 0 Å². The molecule has 1 N–H and O–H groups in total. The molecule has 4 aromatic carbocycles. The second-order valence-electron chi connectivity index (χ2n) is 7.39. The molecule has 0 saturated heterocycles. The number of benzene rings is 4. The molecule has 0 fully saturated rings. The molecule has 1 amide bonds. The molecular formula is C27H21ClN2O4. The van der Waals surface area contributed by atoms with E-state index in [0.29, 0.717) is 16.3 Å². The minimum absolute atomic E-state index is 0.207. The fourth-order valence-corrected chi connectivity index (χ4v) is 3.68. The molecule has 4 aromatic rings. The second-order valence-corrected chi connectivity index (χ2v) is 7.80. The van der Waals surface area contributed by atoms with Gasteiger partial charge < -0.3 is 9.47 Å². The molecular weight excluding hydrogens is 452 g/mol. The Morgan fingerprint density at radius 2 is 1.71 bits per heavy atom. The lowest BCUT2D eigenvalue weighted by Gasteiger charge is -2.10. The number of amides is 1. The van der Waals surface area contributed by atoms with Crippen molar-refractivity contribution in [2.45, 2.75) is 6.42 Å². The third kappa shape index (κ3) is 5.42. The highest BCUT2D eigenvalue weighted by Crippen LogP contribution is 2.29. The van der Waals surface area contributed by atoms with Gasteiger partial charge in [-0.15, -0.1) is 0 Å². The van der Waals surface area contributed by atoms with E-state index in [1.54, 1.807) is 42.5 Å². The van der Waals surface area contributed by atoms with Crippen LogP contribution in [-0.4, -0.2) is 25.2 Å². The average molecular weight is 473 g/mol. The molecule has 0 heterocycles. The van der Waals surface area contributed by atoms with Gasteiger partial charge in [-0.2, -0.15) is 5.10 Å². The Hall–Kier alpha value is -4.16. The third-order valence-corrected chi connectivity index (χ3v) is 5.45. The number of carbonyl (C=O) groups is 2. The number of ether oxygens (including phenoxy) is 2. The number of methoxy groups -OCH3 is 1. The molecule has 0 aliphatic carbocycles. The zero-order valence-corrected chi connectivity index (χ0v) is 19.1. The summed E-state index contributed by atoms with van der Waals surface area (Å²) < 4.78 is 10.8. The van der Waals surface area contributed by atoms with Crippen LogP contribution in [0.3, 0.4) is 0 Å². The van der Waals surface area contributed by atoms with Gasteiger partial charge in [-0.1, -0.05) is 66.2 Å². The highest BCUT2D eigenvalue weighted by molar-refractivity contribution is 6.33. The molecule has 0 radical (unpaired) electrons. The smallest absolute Gasteiger partial charge is 0.345 e. The van der Waals surface area contributed by atoms with Crippen molar-refractivity contribution >= 4 is 40.5 Å². The number of halogens is 1. The standard InChI is InChI=1S/C27H21ClN2O4/c1-33-25-15-18(13-14-24(25)34-27(32)22-11-4-5-12-23(22)28)17-29-30-26(31)16-20-9-6-8-19-7-2-3-10-21(19)20/h2-15,17H,16H2,1H3,(H,30,31)/b29-17+. The molecule has 0 aliphatic rings. The monoisotopic (exact) mass is 472 g/mol. The summed E-state index contributed by atoms with van der Waals surface area (Å²) in [5.74, 6) is -0.244. The number of nitrogens with one attached hydrogen (secondary N) is 1. The van der Waals surface area contributed by atoms with Gasteiger partial charge in [0, 0.05) is 0 Å². The van der Waals surface area contributed by atoms with Gasteiger partial charge in [-0.3, -0.25) is 4.79 Å². The SMILES string of the molecule is COc1cc(/C=N/NC(=O)Cc2cccc3ccccc23)ccc1OC(=O)c1ccccc1Cl. The number of carbonyl (C=O) groups excluding carboxylic acids is 2. The zero-order valence-electron chi connectivity index (χ0n) is 18.3. The maximum atomic E-state index is 12.4. The lowest BCUT2D eigenvalue weighted by molar-refractivity contribution is -0.120. The van der Waals surface area contributed by atoms with Gasteiger partial charge in [0.05, 0.1) is 30.3 Å². The quantitative estimate of drug-likeness (QED) is 0.169. The number of rotatable bonds is 7. The first-order chi connectivity index (χ1) is 16.5. The summed E-state index contributed by atoms with van der Waals surface area (Å²) >= 11 is 6.06. The van der Waals surface area contributed by atoms with E-state index in [-0.39, 0.29) is 23.6 Å². The van der Waals surface area contributed by atoms with Crippen LogP contribution in [0.15, 0.2) is 90.0 Å². The summed E-state index contributed by atoms with van der Waals surface area (Å²) in [5, 5.41) is 6.46. The molecule has 0 bridgehead atoms. The first-order valence-corrected chi connectivity index (χ1v) is 10.9. The summed E-state index contributed by atoms with van der Waals surface area (Å²) in [4.78, 5) is 24.8. The van der Waals surface area contributed by atoms with E-state index in [2.05, 4.69) is 10.5 Å². The molecule has 6 nitrogen and oxygen atoms in total. The summed E-state index contributed by atoms with van der Waals surface area (Å²) in [6.07, 6.45) is 1.70. The predicted molar refractivity (Wildman–Crippen MR) is 133 cm³/mol. The summed E-state index contributed by atoms with van der Waals surface area (Å²) in [6.45, 7) is 0. The van der Waals surface area contributed by atoms with Crippen LogP contribution < -0.4 is 14.9 Å². The fraction of sp³-hybridized carbons (Fsp3) is 0.0741. The zero-order chi connectivity index (χ0) is 23.9. The average Bonchev–Trinajstić information content (AvgIpc) is 2.85. The van der Waals surface area contributed by atoms with E-state index in [9.17, 15) is 9.59 Å². The number of esters is 1. The van der Waals surface area contributed by atoms with Crippen molar-refractivity contribution in [1.29, 1.82) is 0 Å². The first-order valence-electron chi connectivity index (χ1n) is 10.5. The highest BCUT2D eigenvalue weighted by Gasteiger charge is 2.15. The minimum atomic E-state index is -0.592. The first kappa shape index (κ1) is 23.0. The van der Waals surface area contributed by atoms with E-state index in [4.69, 9.17) is 21.1 Å². The Balaban J connectivity index is 1.40. The molecule has 7 heteroatoms. The van der Waals surface area contributed by atoms with Crippen molar-refractivity contribution in [2.24, 2.45) is 5.10 Å². The van der Waals surface area contributed by atoms with Gasteiger partial charge in [0.2, 0.25) is 5.91 Å². The van der Waals surface area contributed by atoms with Gasteiger partial charge in [-0.05, 0) is 52.2 Å². The lowest BCUT2D eigenvalue weighted by atomic mass is 10.0. The molecule has 4 rings (SSSR count). The Morgan fingerprint density at radius 1 is 0.941 bits per heavy atom. The molecule has 0 spiro atoms. The highest BCUT2D eigenvalue weighted by atomic mass is 35.5. The summed E-state index contributed by atoms with van der Waals surface area (Å²) in [6, 6.07) is 25.4. The molecule has 170 valence electrons. The van der Waals surface area contributed by atoms with Crippen molar-refractivity contribution in [3.63, 3.8) is 0 Å². The minimum Gasteiger partial charge on any atom is -0.493 e. The van der Waals surface area contributed by atoms with Crippen LogP contribution in [0.4, 0.5) is 0 Å². The van der Waals surface area contributed by atoms with E-state index in [1.165, 1.54) is 13.3 Å². The van der Waals surface area contributed by atoms with Crippen LogP contribution in [0.5, 0.6) is 11.5 Å². The van der Waals surface area contributed by atoms with E-state index < -0.39 is 5.97 Å². The summed E-state index contributed by atoms with van der Waals surface area (Å²) in [7, 11) is 1.47. The van der Waals surface area contributed by atoms with Crippen LogP contribution in [0.25, 0.3) is 10.8 Å². The molecule has 0 aliphatic heterocycles. The van der Waals surface area contributed by atoms with Gasteiger partial charge in [0.25, 0.3) is 0 Å². The maximum Gasteiger partial charge on any atom is 0.345 e. The van der Waals surface area contributed by atoms with Gasteiger partial charge >= 0.3 is 5.97 Å². The normalized spacial score (nSPS) is 10.9. The summed E-state index contributed by atoms with van der Waals surface area (Å²) in [5.41, 5.74) is 4.38. The van der Waals surface area contributed by atoms with Crippen molar-refractivity contribution < 1.29 is 19.1 Å². The Kier molecular flexibility index (Phi) is 7.20. The van der Waals surface area contributed by atoms with E-state index in [0.717, 1.165) is 16.3 Å². The molecule has 0 aromatic heterocycles. The Labute approximate surface area is 201 Å².